The van der Waals surface area contributed by atoms with Gasteiger partial charge in [0.15, 0.2) is 5.96 Å². The van der Waals surface area contributed by atoms with Crippen molar-refractivity contribution >= 4 is 5.96 Å². The molecule has 168 valence electrons. The maximum absolute atomic E-state index is 5.59. The molecule has 6 nitrogen and oxygen atoms in total. The van der Waals surface area contributed by atoms with E-state index in [0.29, 0.717) is 0 Å². The molecule has 32 heavy (non-hydrogen) atoms. The molecule has 0 atom stereocenters. The Morgan fingerprint density at radius 3 is 2.72 bits per heavy atom. The lowest BCUT2D eigenvalue weighted by Crippen LogP contribution is -2.38. The summed E-state index contributed by atoms with van der Waals surface area (Å²) in [5, 5.41) is 6.89. The second-order valence-electron chi connectivity index (χ2n) is 8.16. The summed E-state index contributed by atoms with van der Waals surface area (Å²) in [7, 11) is 3.92. The largest absolute Gasteiger partial charge is 0.493 e. The second kappa shape index (κ2) is 10.9. The zero-order valence-corrected chi connectivity index (χ0v) is 18.9. The number of furan rings is 1. The van der Waals surface area contributed by atoms with Crippen LogP contribution >= 0.6 is 0 Å². The smallest absolute Gasteiger partial charge is 0.191 e. The molecule has 2 N–H and O–H groups in total. The van der Waals surface area contributed by atoms with Crippen LogP contribution in [0, 0.1) is 0 Å². The Hall–Kier alpha value is -3.25. The van der Waals surface area contributed by atoms with E-state index in [1.54, 1.807) is 6.26 Å². The molecule has 6 heteroatoms. The summed E-state index contributed by atoms with van der Waals surface area (Å²) < 4.78 is 11.1. The lowest BCUT2D eigenvalue weighted by atomic mass is 10.1. The fourth-order valence-corrected chi connectivity index (χ4v) is 4.02. The van der Waals surface area contributed by atoms with Gasteiger partial charge in [0.25, 0.3) is 0 Å². The highest BCUT2D eigenvalue weighted by atomic mass is 16.5. The third kappa shape index (κ3) is 5.92. The van der Waals surface area contributed by atoms with Crippen molar-refractivity contribution in [2.75, 3.05) is 27.2 Å². The molecule has 2 aromatic carbocycles. The summed E-state index contributed by atoms with van der Waals surface area (Å²) in [5.74, 6) is 2.82. The molecule has 1 aromatic heterocycles. The maximum Gasteiger partial charge on any atom is 0.191 e. The SMILES string of the molecule is CN=C(NCCc1ccc2c(c1)CCO2)NCc1ccccc1CN(C)Cc1ccco1. The Morgan fingerprint density at radius 1 is 1.03 bits per heavy atom. The first-order chi connectivity index (χ1) is 15.7. The highest BCUT2D eigenvalue weighted by molar-refractivity contribution is 5.79. The normalized spacial score (nSPS) is 13.2. The van der Waals surface area contributed by atoms with E-state index in [9.17, 15) is 0 Å². The first kappa shape index (κ1) is 22.0. The number of aliphatic imine (C=N–C) groups is 1. The molecule has 0 bridgehead atoms. The van der Waals surface area contributed by atoms with Gasteiger partial charge in [-0.25, -0.2) is 0 Å². The van der Waals surface area contributed by atoms with Gasteiger partial charge in [-0.05, 0) is 53.9 Å². The number of benzene rings is 2. The van der Waals surface area contributed by atoms with Gasteiger partial charge in [-0.15, -0.1) is 0 Å². The molecule has 0 radical (unpaired) electrons. The monoisotopic (exact) mass is 432 g/mol. The van der Waals surface area contributed by atoms with Crippen molar-refractivity contribution in [1.82, 2.24) is 15.5 Å². The van der Waals surface area contributed by atoms with Gasteiger partial charge in [-0.3, -0.25) is 9.89 Å². The molecule has 0 unspecified atom stereocenters. The van der Waals surface area contributed by atoms with Crippen LogP contribution < -0.4 is 15.4 Å². The van der Waals surface area contributed by atoms with Crippen LogP contribution in [-0.4, -0.2) is 38.1 Å². The van der Waals surface area contributed by atoms with Crippen molar-refractivity contribution in [3.05, 3.63) is 88.9 Å². The van der Waals surface area contributed by atoms with Crippen LogP contribution in [0.5, 0.6) is 5.75 Å². The number of ether oxygens (including phenoxy) is 1. The molecule has 3 aromatic rings. The minimum absolute atomic E-state index is 0.723. The Bertz CT molecular complexity index is 1030. The fourth-order valence-electron chi connectivity index (χ4n) is 4.02. The van der Waals surface area contributed by atoms with Gasteiger partial charge >= 0.3 is 0 Å². The standard InChI is InChI=1S/C26H32N4O2/c1-27-26(28-13-11-20-9-10-25-21(16-20)12-15-32-25)29-17-22-6-3-4-7-23(22)18-30(2)19-24-8-5-14-31-24/h3-10,14,16H,11-13,15,17-19H2,1-2H3,(H2,27,28,29). The molecule has 0 fully saturated rings. The molecule has 1 aliphatic heterocycles. The Labute approximate surface area is 190 Å². The van der Waals surface area contributed by atoms with Crippen LogP contribution in [-0.2, 0) is 32.5 Å². The predicted octanol–water partition coefficient (Wildman–Crippen LogP) is 3.75. The first-order valence-corrected chi connectivity index (χ1v) is 11.2. The molecule has 0 saturated carbocycles. The zero-order valence-electron chi connectivity index (χ0n) is 18.9. The second-order valence-corrected chi connectivity index (χ2v) is 8.16. The van der Waals surface area contributed by atoms with Crippen LogP contribution in [0.3, 0.4) is 0 Å². The van der Waals surface area contributed by atoms with Gasteiger partial charge in [0, 0.05) is 33.1 Å². The van der Waals surface area contributed by atoms with Crippen molar-refractivity contribution in [3.63, 3.8) is 0 Å². The fraction of sp³-hybridized carbons (Fsp3) is 0.346. The number of fused-ring (bicyclic) bond motifs is 1. The number of hydrogen-bond acceptors (Lipinski definition) is 4. The van der Waals surface area contributed by atoms with Gasteiger partial charge in [-0.1, -0.05) is 36.4 Å². The van der Waals surface area contributed by atoms with E-state index in [1.807, 2.05) is 19.2 Å². The third-order valence-electron chi connectivity index (χ3n) is 5.69. The van der Waals surface area contributed by atoms with E-state index in [4.69, 9.17) is 9.15 Å². The highest BCUT2D eigenvalue weighted by Gasteiger charge is 2.12. The first-order valence-electron chi connectivity index (χ1n) is 11.2. The van der Waals surface area contributed by atoms with Crippen molar-refractivity contribution in [1.29, 1.82) is 0 Å². The molecule has 2 heterocycles. The van der Waals surface area contributed by atoms with Crippen LogP contribution in [0.1, 0.15) is 28.0 Å². The summed E-state index contributed by atoms with van der Waals surface area (Å²) in [6.07, 6.45) is 3.68. The molecule has 0 saturated heterocycles. The van der Waals surface area contributed by atoms with Crippen LogP contribution in [0.15, 0.2) is 70.3 Å². The molecule has 0 spiro atoms. The van der Waals surface area contributed by atoms with Crippen LogP contribution in [0.4, 0.5) is 0 Å². The molecule has 1 aliphatic rings. The topological polar surface area (TPSA) is 62.0 Å². The molecular formula is C26H32N4O2. The Kier molecular flexibility index (Phi) is 7.46. The summed E-state index contributed by atoms with van der Waals surface area (Å²) in [5.41, 5.74) is 5.20. The quantitative estimate of drug-likeness (QED) is 0.398. The van der Waals surface area contributed by atoms with Gasteiger partial charge in [0.2, 0.25) is 0 Å². The van der Waals surface area contributed by atoms with Crippen LogP contribution in [0.2, 0.25) is 0 Å². The number of nitrogens with one attached hydrogen (secondary N) is 2. The maximum atomic E-state index is 5.59. The zero-order chi connectivity index (χ0) is 22.2. The van der Waals surface area contributed by atoms with Crippen molar-refractivity contribution in [2.45, 2.75) is 32.5 Å². The molecular weight excluding hydrogens is 400 g/mol. The van der Waals surface area contributed by atoms with E-state index in [0.717, 1.165) is 63.1 Å². The van der Waals surface area contributed by atoms with Gasteiger partial charge in [0.1, 0.15) is 11.5 Å². The van der Waals surface area contributed by atoms with Crippen molar-refractivity contribution in [3.8, 4) is 5.75 Å². The van der Waals surface area contributed by atoms with E-state index in [-0.39, 0.29) is 0 Å². The number of hydrogen-bond donors (Lipinski definition) is 2. The van der Waals surface area contributed by atoms with E-state index in [1.165, 1.54) is 22.3 Å². The minimum Gasteiger partial charge on any atom is -0.493 e. The van der Waals surface area contributed by atoms with Crippen molar-refractivity contribution in [2.24, 2.45) is 4.99 Å². The highest BCUT2D eigenvalue weighted by Crippen LogP contribution is 2.25. The van der Waals surface area contributed by atoms with E-state index >= 15 is 0 Å². The average Bonchev–Trinajstić information content (AvgIpc) is 3.48. The summed E-state index contributed by atoms with van der Waals surface area (Å²) >= 11 is 0. The number of guanidine groups is 1. The third-order valence-corrected chi connectivity index (χ3v) is 5.69. The number of rotatable bonds is 9. The van der Waals surface area contributed by atoms with Gasteiger partial charge < -0.3 is 19.8 Å². The lowest BCUT2D eigenvalue weighted by molar-refractivity contribution is 0.287. The summed E-state index contributed by atoms with van der Waals surface area (Å²) in [6.45, 7) is 3.99. The van der Waals surface area contributed by atoms with E-state index in [2.05, 4.69) is 70.0 Å². The van der Waals surface area contributed by atoms with E-state index < -0.39 is 0 Å². The van der Waals surface area contributed by atoms with Crippen molar-refractivity contribution < 1.29 is 9.15 Å². The lowest BCUT2D eigenvalue weighted by Gasteiger charge is -2.19. The van der Waals surface area contributed by atoms with Gasteiger partial charge in [0.05, 0.1) is 19.4 Å². The Balaban J connectivity index is 1.26. The van der Waals surface area contributed by atoms with Gasteiger partial charge in [-0.2, -0.15) is 0 Å². The summed E-state index contributed by atoms with van der Waals surface area (Å²) in [6, 6.07) is 19.0. The molecule has 0 aliphatic carbocycles. The average molecular weight is 433 g/mol. The summed E-state index contributed by atoms with van der Waals surface area (Å²) in [4.78, 5) is 6.64. The molecule has 4 rings (SSSR count). The van der Waals surface area contributed by atoms with Crippen LogP contribution in [0.25, 0.3) is 0 Å². The number of nitrogens with zero attached hydrogens (tertiary/aromatic N) is 2. The molecule has 0 amide bonds. The predicted molar refractivity (Wildman–Crippen MR) is 128 cm³/mol. The minimum atomic E-state index is 0.723. The Morgan fingerprint density at radius 2 is 1.91 bits per heavy atom.